The highest BCUT2D eigenvalue weighted by atomic mass is 32.2. The molecule has 0 saturated heterocycles. The van der Waals surface area contributed by atoms with Crippen LogP contribution in [-0.2, 0) is 23.1 Å². The van der Waals surface area contributed by atoms with E-state index in [2.05, 4.69) is 20.1 Å². The van der Waals surface area contributed by atoms with Crippen LogP contribution in [0.4, 0.5) is 0 Å². The summed E-state index contributed by atoms with van der Waals surface area (Å²) < 4.78 is 29.6. The number of nitrogens with two attached hydrogens (primary N) is 1. The van der Waals surface area contributed by atoms with Gasteiger partial charge in [-0.2, -0.15) is 5.10 Å². The topological polar surface area (TPSA) is 121 Å². The van der Waals surface area contributed by atoms with Gasteiger partial charge >= 0.3 is 0 Å². The molecule has 110 valence electrons. The van der Waals surface area contributed by atoms with Crippen molar-refractivity contribution in [3.8, 4) is 0 Å². The van der Waals surface area contributed by atoms with Crippen LogP contribution in [0.2, 0.25) is 0 Å². The Balaban J connectivity index is 1.90. The molecule has 0 amide bonds. The van der Waals surface area contributed by atoms with Crippen molar-refractivity contribution >= 4 is 10.0 Å². The van der Waals surface area contributed by atoms with E-state index in [1.165, 1.54) is 18.6 Å². The summed E-state index contributed by atoms with van der Waals surface area (Å²) in [5.41, 5.74) is 5.40. The third-order valence-electron chi connectivity index (χ3n) is 2.62. The van der Waals surface area contributed by atoms with Gasteiger partial charge in [0.15, 0.2) is 0 Å². The average Bonchev–Trinajstić information content (AvgIpc) is 3.07. The zero-order valence-electron chi connectivity index (χ0n) is 10.9. The Morgan fingerprint density at radius 1 is 1.30 bits per heavy atom. The summed E-state index contributed by atoms with van der Waals surface area (Å²) in [6, 6.07) is 0. The lowest BCUT2D eigenvalue weighted by atomic mass is 10.4. The molecule has 0 atom stereocenters. The molecule has 2 rings (SSSR count). The first kappa shape index (κ1) is 14.6. The molecular weight excluding hydrogens is 282 g/mol. The second-order valence-corrected chi connectivity index (χ2v) is 5.91. The maximum absolute atomic E-state index is 12.0. The fourth-order valence-corrected chi connectivity index (χ4v) is 2.56. The van der Waals surface area contributed by atoms with Crippen LogP contribution in [0.5, 0.6) is 0 Å². The number of hydrogen-bond acceptors (Lipinski definition) is 6. The molecule has 0 aliphatic heterocycles. The van der Waals surface area contributed by atoms with Crippen molar-refractivity contribution in [2.24, 2.45) is 5.73 Å². The summed E-state index contributed by atoms with van der Waals surface area (Å²) in [5.74, 6) is 0. The van der Waals surface area contributed by atoms with E-state index >= 15 is 0 Å². The molecule has 0 aromatic carbocycles. The van der Waals surface area contributed by atoms with Gasteiger partial charge < -0.3 is 5.73 Å². The Morgan fingerprint density at radius 2 is 2.15 bits per heavy atom. The van der Waals surface area contributed by atoms with Crippen molar-refractivity contribution in [1.29, 1.82) is 0 Å². The summed E-state index contributed by atoms with van der Waals surface area (Å²) in [6.07, 6.45) is 6.78. The van der Waals surface area contributed by atoms with Crippen LogP contribution in [0.3, 0.4) is 0 Å². The van der Waals surface area contributed by atoms with E-state index in [9.17, 15) is 8.42 Å². The van der Waals surface area contributed by atoms with Crippen LogP contribution < -0.4 is 10.5 Å². The van der Waals surface area contributed by atoms with Gasteiger partial charge in [-0.1, -0.05) is 5.21 Å². The van der Waals surface area contributed by atoms with Crippen molar-refractivity contribution in [3.63, 3.8) is 0 Å². The molecule has 0 aliphatic carbocycles. The largest absolute Gasteiger partial charge is 0.330 e. The SMILES string of the molecule is NCCCn1cc(S(=O)(=O)NCCn2ccnn2)cn1. The standard InChI is InChI=1S/C10H17N7O2S/c11-2-1-5-17-9-10(8-13-17)20(18,19)14-4-7-16-6-3-12-15-16/h3,6,8-9,14H,1-2,4-5,7,11H2. The van der Waals surface area contributed by atoms with E-state index in [1.807, 2.05) is 0 Å². The Hall–Kier alpha value is -1.78. The number of nitrogens with zero attached hydrogens (tertiary/aromatic N) is 5. The highest BCUT2D eigenvalue weighted by molar-refractivity contribution is 7.89. The smallest absolute Gasteiger partial charge is 0.243 e. The Bertz CT molecular complexity index is 620. The number of aromatic nitrogens is 5. The Labute approximate surface area is 116 Å². The molecule has 0 aliphatic rings. The van der Waals surface area contributed by atoms with E-state index in [0.29, 0.717) is 19.6 Å². The molecule has 0 radical (unpaired) electrons. The number of sulfonamides is 1. The molecular formula is C10H17N7O2S. The molecule has 0 unspecified atom stereocenters. The van der Waals surface area contributed by atoms with Crippen molar-refractivity contribution in [1.82, 2.24) is 29.5 Å². The minimum Gasteiger partial charge on any atom is -0.330 e. The highest BCUT2D eigenvalue weighted by Crippen LogP contribution is 2.06. The second kappa shape index (κ2) is 6.59. The fourth-order valence-electron chi connectivity index (χ4n) is 1.59. The van der Waals surface area contributed by atoms with E-state index < -0.39 is 10.0 Å². The predicted molar refractivity (Wildman–Crippen MR) is 71.1 cm³/mol. The van der Waals surface area contributed by atoms with Gasteiger partial charge in [-0.3, -0.25) is 9.36 Å². The zero-order valence-corrected chi connectivity index (χ0v) is 11.7. The molecule has 10 heteroatoms. The van der Waals surface area contributed by atoms with Gasteiger partial charge in [0.05, 0.1) is 18.9 Å². The number of rotatable bonds is 8. The van der Waals surface area contributed by atoms with Crippen molar-refractivity contribution in [2.45, 2.75) is 24.4 Å². The minimum absolute atomic E-state index is 0.146. The van der Waals surface area contributed by atoms with Gasteiger partial charge in [0.1, 0.15) is 4.90 Å². The molecule has 0 saturated carbocycles. The summed E-state index contributed by atoms with van der Waals surface area (Å²) >= 11 is 0. The fraction of sp³-hybridized carbons (Fsp3) is 0.500. The third-order valence-corrected chi connectivity index (χ3v) is 4.03. The molecule has 3 N–H and O–H groups in total. The monoisotopic (exact) mass is 299 g/mol. The van der Waals surface area contributed by atoms with E-state index in [4.69, 9.17) is 5.73 Å². The van der Waals surface area contributed by atoms with Gasteiger partial charge in [0, 0.05) is 25.5 Å². The first-order valence-corrected chi connectivity index (χ1v) is 7.66. The maximum Gasteiger partial charge on any atom is 0.243 e. The normalized spacial score (nSPS) is 11.8. The quantitative estimate of drug-likeness (QED) is 0.631. The van der Waals surface area contributed by atoms with Crippen molar-refractivity contribution in [2.75, 3.05) is 13.1 Å². The molecule has 2 heterocycles. The molecule has 0 bridgehead atoms. The average molecular weight is 299 g/mol. The van der Waals surface area contributed by atoms with Crippen LogP contribution in [0.1, 0.15) is 6.42 Å². The molecule has 2 aromatic heterocycles. The van der Waals surface area contributed by atoms with E-state index in [-0.39, 0.29) is 11.4 Å². The first-order chi connectivity index (χ1) is 9.62. The molecule has 9 nitrogen and oxygen atoms in total. The van der Waals surface area contributed by atoms with Crippen LogP contribution in [-0.4, -0.2) is 46.3 Å². The summed E-state index contributed by atoms with van der Waals surface area (Å²) in [5, 5.41) is 11.4. The lowest BCUT2D eigenvalue weighted by molar-refractivity contribution is 0.552. The van der Waals surface area contributed by atoms with Gasteiger partial charge in [0.2, 0.25) is 10.0 Å². The summed E-state index contributed by atoms with van der Waals surface area (Å²) in [4.78, 5) is 0.146. The third kappa shape index (κ3) is 3.85. The van der Waals surface area contributed by atoms with E-state index in [1.54, 1.807) is 15.6 Å². The van der Waals surface area contributed by atoms with Crippen molar-refractivity contribution in [3.05, 3.63) is 24.8 Å². The molecule has 0 fully saturated rings. The first-order valence-electron chi connectivity index (χ1n) is 6.18. The van der Waals surface area contributed by atoms with Gasteiger partial charge in [-0.05, 0) is 13.0 Å². The summed E-state index contributed by atoms with van der Waals surface area (Å²) in [6.45, 7) is 1.79. The minimum atomic E-state index is -3.54. The Kier molecular flexibility index (Phi) is 4.82. The van der Waals surface area contributed by atoms with Crippen LogP contribution in [0.15, 0.2) is 29.7 Å². The van der Waals surface area contributed by atoms with Gasteiger partial charge in [0.25, 0.3) is 0 Å². The van der Waals surface area contributed by atoms with Crippen LogP contribution >= 0.6 is 0 Å². The Morgan fingerprint density at radius 3 is 2.85 bits per heavy atom. The zero-order chi connectivity index (χ0) is 14.4. The number of aryl methyl sites for hydroxylation is 1. The molecule has 0 spiro atoms. The lowest BCUT2D eigenvalue weighted by Crippen LogP contribution is -2.27. The maximum atomic E-state index is 12.0. The lowest BCUT2D eigenvalue weighted by Gasteiger charge is -2.04. The highest BCUT2D eigenvalue weighted by Gasteiger charge is 2.15. The van der Waals surface area contributed by atoms with Gasteiger partial charge in [-0.15, -0.1) is 5.10 Å². The molecule has 20 heavy (non-hydrogen) atoms. The molecule has 2 aromatic rings. The second-order valence-electron chi connectivity index (χ2n) is 4.15. The van der Waals surface area contributed by atoms with Crippen LogP contribution in [0, 0.1) is 0 Å². The van der Waals surface area contributed by atoms with E-state index in [0.717, 1.165) is 6.42 Å². The van der Waals surface area contributed by atoms with Crippen molar-refractivity contribution < 1.29 is 8.42 Å². The summed E-state index contributed by atoms with van der Waals surface area (Å²) in [7, 11) is -3.54. The van der Waals surface area contributed by atoms with Gasteiger partial charge in [-0.25, -0.2) is 13.1 Å². The predicted octanol–water partition coefficient (Wildman–Crippen LogP) is -1.20. The number of nitrogens with one attached hydrogen (secondary N) is 1. The van der Waals surface area contributed by atoms with Crippen LogP contribution in [0.25, 0.3) is 0 Å². The number of hydrogen-bond donors (Lipinski definition) is 2.